The number of aliphatic hydroxyl groups is 1. The Bertz CT molecular complexity index is 4140. The molecule has 0 radical (unpaired) electrons. The Kier molecular flexibility index (Phi) is 44.4. The third kappa shape index (κ3) is 33.7. The maximum Gasteiger partial charge on any atom is 0.331 e. The van der Waals surface area contributed by atoms with Crippen LogP contribution < -0.4 is 9.47 Å². The van der Waals surface area contributed by atoms with Crippen LogP contribution in [0.1, 0.15) is 285 Å². The van der Waals surface area contributed by atoms with Crippen molar-refractivity contribution < 1.29 is 104 Å². The van der Waals surface area contributed by atoms with Crippen LogP contribution in [0.15, 0.2) is 120 Å². The van der Waals surface area contributed by atoms with Gasteiger partial charge in [-0.15, -0.1) is 0 Å². The van der Waals surface area contributed by atoms with E-state index in [4.69, 9.17) is 89.1 Å². The summed E-state index contributed by atoms with van der Waals surface area (Å²) in [5.41, 5.74) is 3.41. The van der Waals surface area contributed by atoms with Crippen molar-refractivity contribution in [2.75, 3.05) is 42.7 Å². The fourth-order valence-corrected chi connectivity index (χ4v) is 24.9. The number of carbonyl (C=O) groups excluding carboxylic acids is 2. The van der Waals surface area contributed by atoms with E-state index in [1.807, 2.05) is 88.4 Å². The predicted molar refractivity (Wildman–Crippen MR) is 553 cm³/mol. The molecule has 137 heavy (non-hydrogen) atoms. The second-order valence-electron chi connectivity index (χ2n) is 46.5. The third-order valence-corrected chi connectivity index (χ3v) is 46.3. The fraction of sp³-hybridized carbons (Fsp3) is 0.768. The number of allylic oxidation sites excluding steroid dienone is 4. The Balaban J connectivity index is 1.11. The molecule has 32 atom stereocenters. The minimum atomic E-state index is -2.53. The van der Waals surface area contributed by atoms with Gasteiger partial charge in [-0.25, -0.2) is 9.59 Å². The molecule has 2 aromatic carbocycles. The standard InChI is InChI=1S/C112H186O22Si3/c1-70-40-50-92(132-135(28,29)110(13,14)15)62-87-37-35-39-89(125-87)67-97(121-27)77(8)99-69-101(129-109(127-99)83-48-56-85(117-23)57-49-83)79(10)107(81(12)106(134-137(32,33)112(19,20)21)73(4)45-53-91-65-95(119-25)61-75(6)123-91)131-103(114)59-43-71(2)41-51-93(133-136(30,31)111(16,17)18)63-86-36-34-38-88(124-86)66-96(120-26)76(7)98-68-100(128-108(126-98)82-46-54-84(116-22)55-47-82)78(9)104(115)80(11)105(130-102(113)58-42-70)72(3)44-52-90-64-94(118-24)60-74(5)122-90/h34-37,40-43,46-49,54-59,72-81,86-101,104-109,115H,38-39,44-45,50-53,60-69H2,1-33H3/b58-42+,59-43+,70-40+,71-41+/t72-,73-,74-,75-,76-,77+,78+,79-,80-,81-,86-,87-,88-,89-,90-,91-,92-,93+,94+,95+,96+,97-,98-,99-,100+,101+,104-,105-,106-,107-,108+,109+/m0/s1. The smallest absolute Gasteiger partial charge is 0.331 e. The van der Waals surface area contributed by atoms with Crippen LogP contribution in [0.4, 0.5) is 0 Å². The summed E-state index contributed by atoms with van der Waals surface area (Å²) < 4.78 is 130. The number of fused-ring (bicyclic) bond motifs is 8. The minimum absolute atomic E-state index is 0.0238. The summed E-state index contributed by atoms with van der Waals surface area (Å²) in [4.78, 5) is 30.3. The number of rotatable bonds is 24. The highest BCUT2D eigenvalue weighted by Gasteiger charge is 2.51. The quantitative estimate of drug-likeness (QED) is 0.0585. The number of methoxy groups -OCH3 is 6. The van der Waals surface area contributed by atoms with E-state index in [9.17, 15) is 9.90 Å². The molecule has 7 aliphatic rings. The molecule has 7 aliphatic heterocycles. The van der Waals surface area contributed by atoms with Crippen molar-refractivity contribution in [3.05, 3.63) is 132 Å². The lowest BCUT2D eigenvalue weighted by molar-refractivity contribution is -0.279. The first-order valence-electron chi connectivity index (χ1n) is 52.1. The first-order valence-corrected chi connectivity index (χ1v) is 60.9. The van der Waals surface area contributed by atoms with E-state index >= 15 is 4.79 Å². The lowest BCUT2D eigenvalue weighted by Gasteiger charge is -2.47. The summed E-state index contributed by atoms with van der Waals surface area (Å²) in [6.45, 7) is 60.0. The van der Waals surface area contributed by atoms with Crippen LogP contribution in [0.2, 0.25) is 54.4 Å². The molecule has 0 aromatic heterocycles. The molecule has 0 amide bonds. The Labute approximate surface area is 831 Å². The van der Waals surface area contributed by atoms with Crippen LogP contribution in [-0.2, 0) is 89.2 Å². The summed E-state index contributed by atoms with van der Waals surface area (Å²) >= 11 is 0. The average Bonchev–Trinajstić information content (AvgIpc) is 0.794. The first kappa shape index (κ1) is 116. The third-order valence-electron chi connectivity index (χ3n) is 32.8. The molecule has 0 saturated carbocycles. The first-order chi connectivity index (χ1) is 64.3. The highest BCUT2D eigenvalue weighted by molar-refractivity contribution is 6.75. The van der Waals surface area contributed by atoms with Gasteiger partial charge in [-0.3, -0.25) is 0 Å². The topological polar surface area (TPSA) is 230 Å². The number of carbonyl (C=O) groups is 2. The van der Waals surface area contributed by atoms with Crippen LogP contribution in [0.25, 0.3) is 0 Å². The Morgan fingerprint density at radius 3 is 1.19 bits per heavy atom. The normalized spacial score (nSPS) is 36.1. The van der Waals surface area contributed by atoms with Gasteiger partial charge in [0.1, 0.15) is 23.7 Å². The van der Waals surface area contributed by atoms with Gasteiger partial charge in [0.2, 0.25) is 0 Å². The van der Waals surface area contributed by atoms with Gasteiger partial charge in [0.15, 0.2) is 37.5 Å². The molecule has 0 spiro atoms. The predicted octanol–water partition coefficient (Wildman–Crippen LogP) is 24.7. The maximum atomic E-state index is 15.5. The van der Waals surface area contributed by atoms with Crippen molar-refractivity contribution in [2.24, 2.45) is 47.3 Å². The Morgan fingerprint density at radius 2 is 0.803 bits per heavy atom. The molecule has 25 heteroatoms. The van der Waals surface area contributed by atoms with Gasteiger partial charge in [0.25, 0.3) is 0 Å². The lowest BCUT2D eigenvalue weighted by Crippen LogP contribution is -2.53. The molecule has 4 saturated heterocycles. The van der Waals surface area contributed by atoms with Crippen LogP contribution in [0, 0.1) is 47.3 Å². The van der Waals surface area contributed by atoms with Gasteiger partial charge < -0.3 is 94.2 Å². The number of benzene rings is 2. The van der Waals surface area contributed by atoms with E-state index in [-0.39, 0.29) is 142 Å². The largest absolute Gasteiger partial charge is 0.497 e. The monoisotopic (exact) mass is 1970 g/mol. The maximum absolute atomic E-state index is 15.5. The summed E-state index contributed by atoms with van der Waals surface area (Å²) in [5.74, 6) is -1.79. The lowest BCUT2D eigenvalue weighted by atomic mass is 9.78. The van der Waals surface area contributed by atoms with E-state index < -0.39 is 104 Å². The van der Waals surface area contributed by atoms with Crippen LogP contribution in [0.3, 0.4) is 0 Å². The van der Waals surface area contributed by atoms with Crippen molar-refractivity contribution in [1.29, 1.82) is 0 Å². The Morgan fingerprint density at radius 1 is 0.416 bits per heavy atom. The van der Waals surface area contributed by atoms with Gasteiger partial charge in [0.05, 0.1) is 136 Å². The minimum Gasteiger partial charge on any atom is -0.497 e. The summed E-state index contributed by atoms with van der Waals surface area (Å²) in [7, 11) is 3.15. The van der Waals surface area contributed by atoms with Crippen molar-refractivity contribution in [3.8, 4) is 11.5 Å². The zero-order valence-corrected chi connectivity index (χ0v) is 93.6. The van der Waals surface area contributed by atoms with Crippen molar-refractivity contribution in [1.82, 2.24) is 0 Å². The molecular formula is C112H186O22Si3. The van der Waals surface area contributed by atoms with Crippen molar-refractivity contribution in [2.45, 2.75) is 462 Å². The van der Waals surface area contributed by atoms with Crippen LogP contribution in [0.5, 0.6) is 11.5 Å². The van der Waals surface area contributed by atoms with Gasteiger partial charge in [0, 0.05) is 126 Å². The van der Waals surface area contributed by atoms with Crippen LogP contribution >= 0.6 is 0 Å². The number of ether oxygens (including phenoxy) is 16. The molecule has 0 unspecified atom stereocenters. The molecule has 8 bridgehead atoms. The number of aliphatic hydroxyl groups excluding tert-OH is 1. The van der Waals surface area contributed by atoms with Crippen LogP contribution in [-0.4, -0.2) is 219 Å². The molecule has 1 N–H and O–H groups in total. The fourth-order valence-electron chi connectivity index (χ4n) is 20.6. The van der Waals surface area contributed by atoms with Gasteiger partial charge in [-0.05, 0) is 195 Å². The molecule has 4 fully saturated rings. The van der Waals surface area contributed by atoms with E-state index in [1.54, 1.807) is 48.7 Å². The second-order valence-corrected chi connectivity index (χ2v) is 60.8. The highest BCUT2D eigenvalue weighted by atomic mass is 28.4. The molecule has 9 rings (SSSR count). The van der Waals surface area contributed by atoms with E-state index in [0.29, 0.717) is 82.1 Å². The number of hydrogen-bond acceptors (Lipinski definition) is 22. The Hall–Kier alpha value is -4.57. The van der Waals surface area contributed by atoms with Gasteiger partial charge >= 0.3 is 11.9 Å². The van der Waals surface area contributed by atoms with Crippen molar-refractivity contribution >= 4 is 36.9 Å². The molecule has 22 nitrogen and oxygen atoms in total. The van der Waals surface area contributed by atoms with E-state index in [0.717, 1.165) is 67.2 Å². The summed E-state index contributed by atoms with van der Waals surface area (Å²) in [6.07, 6.45) is 24.4. The molecular weight excluding hydrogens is 1780 g/mol. The zero-order chi connectivity index (χ0) is 101. The second kappa shape index (κ2) is 52.5. The van der Waals surface area contributed by atoms with Gasteiger partial charge in [-0.1, -0.05) is 202 Å². The molecule has 2 aromatic rings. The van der Waals surface area contributed by atoms with Gasteiger partial charge in [-0.2, -0.15) is 0 Å². The SMILES string of the molecule is COc1ccc([C@@H]2O[C@H]3C[C@@H](O2)[C@H](C)[C@@H]([C@@H](C)[C@@H](O[Si](C)(C)C(C)(C)C)[C@@H](C)CC[C@H]2C[C@H](OC)C[C@H](C)O2)OC(=O)/C=C/C(C)=C/C[C@@H](O[Si](C)(C)C(C)(C)C)C[C@@H]2C=CC[C@@H](C[C@@H](OC)[C@H](C)[C@@H]4C[C@@H](O[C@H](c5ccc(OC)cc5)O4)[C@@H](C)[C@H](O)[C@H](C)[C@H]([C@@H](C)CC[C@H]4C[C@H](OC)C[C@H](C)O4)OC(=O)/C=C/C(C)=C/C[C@H](O[Si](C)(C)C(C)(C)C)C[C@@H]4C=CC[C@@H](C[C@H](OC)[C@H]3C)O4)O2)cc1. The van der Waals surface area contributed by atoms with E-state index in [1.165, 1.54) is 6.08 Å². The van der Waals surface area contributed by atoms with E-state index in [2.05, 4.69) is 193 Å². The zero-order valence-electron chi connectivity index (χ0n) is 90.6. The number of cyclic esters (lactones) is 2. The molecule has 7 heterocycles. The number of esters is 2. The highest BCUT2D eigenvalue weighted by Crippen LogP contribution is 2.49. The summed E-state index contributed by atoms with van der Waals surface area (Å²) in [5, 5.41) is 12.8. The number of hydrogen-bond donors (Lipinski definition) is 1. The van der Waals surface area contributed by atoms with Crippen molar-refractivity contribution in [3.63, 3.8) is 0 Å². The average molecular weight is 1970 g/mol. The molecule has 778 valence electrons. The molecule has 0 aliphatic carbocycles. The summed E-state index contributed by atoms with van der Waals surface area (Å²) in [6, 6.07) is 15.7.